The molecule has 1 amide bonds. The summed E-state index contributed by atoms with van der Waals surface area (Å²) in [6.45, 7) is 2.26. The van der Waals surface area contributed by atoms with E-state index in [0.717, 1.165) is 17.8 Å². The topological polar surface area (TPSA) is 32.3 Å². The average molecular weight is 227 g/mol. The Hall–Kier alpha value is -1.06. The van der Waals surface area contributed by atoms with Crippen molar-refractivity contribution in [3.05, 3.63) is 28.8 Å². The zero-order valence-electron chi connectivity index (χ0n) is 9.17. The molecule has 0 atom stereocenters. The maximum Gasteiger partial charge on any atom is 0.221 e. The highest BCUT2D eigenvalue weighted by molar-refractivity contribution is 6.31. The van der Waals surface area contributed by atoms with Gasteiger partial charge < -0.3 is 10.2 Å². The highest BCUT2D eigenvalue weighted by Gasteiger charge is 2.03. The normalized spacial score (nSPS) is 10.5. The molecule has 0 aliphatic heterocycles. The van der Waals surface area contributed by atoms with E-state index in [2.05, 4.69) is 5.32 Å². The van der Waals surface area contributed by atoms with Gasteiger partial charge in [-0.1, -0.05) is 17.7 Å². The van der Waals surface area contributed by atoms with Crippen molar-refractivity contribution >= 4 is 23.2 Å². The monoisotopic (exact) mass is 226 g/mol. The van der Waals surface area contributed by atoms with Crippen molar-refractivity contribution in [3.63, 3.8) is 0 Å². The van der Waals surface area contributed by atoms with E-state index in [1.54, 1.807) is 6.07 Å². The van der Waals surface area contributed by atoms with Gasteiger partial charge in [0.25, 0.3) is 0 Å². The summed E-state index contributed by atoms with van der Waals surface area (Å²) in [7, 11) is 3.97. The van der Waals surface area contributed by atoms with Crippen molar-refractivity contribution in [2.45, 2.75) is 13.5 Å². The standard InChI is InChI=1S/C11H15ClN2O/c1-8(15)13-10-5-4-9(7-14(2)3)11(12)6-10/h4-6H,7H2,1-3H3,(H,13,15). The molecule has 0 saturated carbocycles. The van der Waals surface area contributed by atoms with Crippen molar-refractivity contribution in [1.29, 1.82) is 0 Å². The van der Waals surface area contributed by atoms with E-state index >= 15 is 0 Å². The van der Waals surface area contributed by atoms with Gasteiger partial charge in [-0.15, -0.1) is 0 Å². The van der Waals surface area contributed by atoms with Crippen LogP contribution in [0.15, 0.2) is 18.2 Å². The van der Waals surface area contributed by atoms with Crippen LogP contribution in [0.1, 0.15) is 12.5 Å². The molecule has 0 fully saturated rings. The van der Waals surface area contributed by atoms with Crippen LogP contribution >= 0.6 is 11.6 Å². The summed E-state index contributed by atoms with van der Waals surface area (Å²) in [6.07, 6.45) is 0. The van der Waals surface area contributed by atoms with Gasteiger partial charge in [0.1, 0.15) is 0 Å². The minimum absolute atomic E-state index is 0.0913. The number of carbonyl (C=O) groups excluding carboxylic acids is 1. The number of halogens is 1. The van der Waals surface area contributed by atoms with Gasteiger partial charge in [-0.2, -0.15) is 0 Å². The third-order valence-electron chi connectivity index (χ3n) is 1.86. The summed E-state index contributed by atoms with van der Waals surface area (Å²) >= 11 is 6.08. The number of anilines is 1. The number of nitrogens with one attached hydrogen (secondary N) is 1. The Balaban J connectivity index is 2.83. The number of amides is 1. The van der Waals surface area contributed by atoms with Gasteiger partial charge in [0, 0.05) is 24.2 Å². The molecule has 0 aromatic heterocycles. The van der Waals surface area contributed by atoms with E-state index in [1.807, 2.05) is 31.1 Å². The second-order valence-electron chi connectivity index (χ2n) is 3.73. The lowest BCUT2D eigenvalue weighted by molar-refractivity contribution is -0.114. The lowest BCUT2D eigenvalue weighted by atomic mass is 10.2. The summed E-state index contributed by atoms with van der Waals surface area (Å²) < 4.78 is 0. The predicted molar refractivity (Wildman–Crippen MR) is 63.1 cm³/mol. The van der Waals surface area contributed by atoms with Crippen LogP contribution in [-0.2, 0) is 11.3 Å². The van der Waals surface area contributed by atoms with Gasteiger partial charge in [-0.3, -0.25) is 4.79 Å². The summed E-state index contributed by atoms with van der Waals surface area (Å²) in [5.74, 6) is -0.0913. The zero-order chi connectivity index (χ0) is 11.4. The molecule has 0 saturated heterocycles. The molecule has 0 spiro atoms. The van der Waals surface area contributed by atoms with Crippen LogP contribution in [0, 0.1) is 0 Å². The molecule has 0 unspecified atom stereocenters. The molecule has 3 nitrogen and oxygen atoms in total. The van der Waals surface area contributed by atoms with Crippen LogP contribution in [0.4, 0.5) is 5.69 Å². The van der Waals surface area contributed by atoms with E-state index < -0.39 is 0 Å². The van der Waals surface area contributed by atoms with Crippen molar-refractivity contribution in [3.8, 4) is 0 Å². The number of benzene rings is 1. The fourth-order valence-corrected chi connectivity index (χ4v) is 1.54. The molecule has 0 aliphatic rings. The molecule has 1 rings (SSSR count). The first-order valence-electron chi connectivity index (χ1n) is 4.70. The van der Waals surface area contributed by atoms with Crippen LogP contribution < -0.4 is 5.32 Å². The van der Waals surface area contributed by atoms with Gasteiger partial charge >= 0.3 is 0 Å². The molecule has 82 valence electrons. The first-order chi connectivity index (χ1) is 6.99. The molecule has 15 heavy (non-hydrogen) atoms. The van der Waals surface area contributed by atoms with Crippen LogP contribution in [0.5, 0.6) is 0 Å². The van der Waals surface area contributed by atoms with Gasteiger partial charge in [-0.05, 0) is 31.8 Å². The number of hydrogen-bond donors (Lipinski definition) is 1. The first-order valence-corrected chi connectivity index (χ1v) is 5.07. The van der Waals surface area contributed by atoms with E-state index in [9.17, 15) is 4.79 Å². The molecular formula is C11H15ClN2O. The van der Waals surface area contributed by atoms with E-state index in [-0.39, 0.29) is 5.91 Å². The van der Waals surface area contributed by atoms with Crippen LogP contribution in [0.2, 0.25) is 5.02 Å². The van der Waals surface area contributed by atoms with Crippen LogP contribution in [0.25, 0.3) is 0 Å². The van der Waals surface area contributed by atoms with Crippen molar-refractivity contribution in [2.24, 2.45) is 0 Å². The molecular weight excluding hydrogens is 212 g/mol. The fourth-order valence-electron chi connectivity index (χ4n) is 1.30. The maximum absolute atomic E-state index is 10.8. The second-order valence-corrected chi connectivity index (χ2v) is 4.13. The summed E-state index contributed by atoms with van der Waals surface area (Å²) in [4.78, 5) is 12.9. The first kappa shape index (κ1) is 12.0. The Bertz CT molecular complexity index is 364. The summed E-state index contributed by atoms with van der Waals surface area (Å²) in [6, 6.07) is 5.54. The Labute approximate surface area is 95.0 Å². The number of rotatable bonds is 3. The lowest BCUT2D eigenvalue weighted by Gasteiger charge is -2.12. The van der Waals surface area contributed by atoms with Crippen molar-refractivity contribution in [1.82, 2.24) is 4.90 Å². The quantitative estimate of drug-likeness (QED) is 0.858. The van der Waals surface area contributed by atoms with Gasteiger partial charge in [0.05, 0.1) is 0 Å². The maximum atomic E-state index is 10.8. The largest absolute Gasteiger partial charge is 0.326 e. The SMILES string of the molecule is CC(=O)Nc1ccc(CN(C)C)c(Cl)c1. The van der Waals surface area contributed by atoms with Crippen LogP contribution in [-0.4, -0.2) is 24.9 Å². The molecule has 1 aromatic carbocycles. The fraction of sp³-hybridized carbons (Fsp3) is 0.364. The Morgan fingerprint density at radius 2 is 2.13 bits per heavy atom. The molecule has 0 radical (unpaired) electrons. The van der Waals surface area contributed by atoms with E-state index in [1.165, 1.54) is 6.92 Å². The zero-order valence-corrected chi connectivity index (χ0v) is 9.93. The smallest absolute Gasteiger partial charge is 0.221 e. The second kappa shape index (κ2) is 5.14. The molecule has 0 heterocycles. The third-order valence-corrected chi connectivity index (χ3v) is 2.21. The summed E-state index contributed by atoms with van der Waals surface area (Å²) in [5.41, 5.74) is 1.78. The number of carbonyl (C=O) groups is 1. The Morgan fingerprint density at radius 1 is 1.47 bits per heavy atom. The van der Waals surface area contributed by atoms with E-state index in [0.29, 0.717) is 5.02 Å². The Morgan fingerprint density at radius 3 is 2.60 bits per heavy atom. The van der Waals surface area contributed by atoms with Gasteiger partial charge in [0.15, 0.2) is 0 Å². The van der Waals surface area contributed by atoms with Crippen LogP contribution in [0.3, 0.4) is 0 Å². The number of hydrogen-bond acceptors (Lipinski definition) is 2. The average Bonchev–Trinajstić information content (AvgIpc) is 2.08. The van der Waals surface area contributed by atoms with E-state index in [4.69, 9.17) is 11.6 Å². The Kier molecular flexibility index (Phi) is 4.12. The molecule has 0 bridgehead atoms. The molecule has 1 aromatic rings. The van der Waals surface area contributed by atoms with Crippen molar-refractivity contribution in [2.75, 3.05) is 19.4 Å². The number of nitrogens with zero attached hydrogens (tertiary/aromatic N) is 1. The third kappa shape index (κ3) is 3.90. The molecule has 4 heteroatoms. The molecule has 1 N–H and O–H groups in total. The highest BCUT2D eigenvalue weighted by Crippen LogP contribution is 2.21. The lowest BCUT2D eigenvalue weighted by Crippen LogP contribution is -2.11. The minimum atomic E-state index is -0.0913. The minimum Gasteiger partial charge on any atom is -0.326 e. The summed E-state index contributed by atoms with van der Waals surface area (Å²) in [5, 5.41) is 3.37. The van der Waals surface area contributed by atoms with Gasteiger partial charge in [-0.25, -0.2) is 0 Å². The molecule has 0 aliphatic carbocycles. The van der Waals surface area contributed by atoms with Crippen molar-refractivity contribution < 1.29 is 4.79 Å². The van der Waals surface area contributed by atoms with Gasteiger partial charge in [0.2, 0.25) is 5.91 Å². The highest BCUT2D eigenvalue weighted by atomic mass is 35.5. The predicted octanol–water partition coefficient (Wildman–Crippen LogP) is 2.36.